The fourth-order valence-electron chi connectivity index (χ4n) is 2.28. The normalized spacial score (nSPS) is 16.3. The fraction of sp³-hybridized carbons (Fsp3) is 0.765. The number of carbonyl (C=O) groups is 4. The molecule has 0 saturated carbocycles. The van der Waals surface area contributed by atoms with E-state index in [-0.39, 0.29) is 18.1 Å². The Kier molecular flexibility index (Phi) is 13.0. The fourth-order valence-corrected chi connectivity index (χ4v) is 2.92. The molecule has 5 atom stereocenters. The lowest BCUT2D eigenvalue weighted by atomic mass is 10.0. The number of thioether (sulfide) groups is 1. The molecule has 0 heterocycles. The van der Waals surface area contributed by atoms with Gasteiger partial charge in [-0.1, -0.05) is 13.8 Å². The minimum atomic E-state index is -1.34. The Balaban J connectivity index is 5.27. The molecule has 0 bridgehead atoms. The summed E-state index contributed by atoms with van der Waals surface area (Å²) in [7, 11) is 0. The lowest BCUT2D eigenvalue weighted by Gasteiger charge is -2.28. The lowest BCUT2D eigenvalue weighted by Crippen LogP contribution is -2.61. The number of nitrogens with one attached hydrogen (secondary N) is 3. The monoisotopic (exact) mass is 452 g/mol. The van der Waals surface area contributed by atoms with E-state index in [2.05, 4.69) is 28.6 Å². The highest BCUT2D eigenvalue weighted by molar-refractivity contribution is 7.98. The van der Waals surface area contributed by atoms with E-state index in [4.69, 9.17) is 5.73 Å². The van der Waals surface area contributed by atoms with Crippen molar-refractivity contribution >= 4 is 48.1 Å². The Morgan fingerprint density at radius 2 is 1.52 bits per heavy atom. The third kappa shape index (κ3) is 9.70. The second kappa shape index (κ2) is 13.7. The molecule has 168 valence electrons. The largest absolute Gasteiger partial charge is 0.480 e. The molecule has 12 heteroatoms. The van der Waals surface area contributed by atoms with Crippen LogP contribution in [0, 0.1) is 5.92 Å². The number of aliphatic carboxylic acids is 1. The second-order valence-corrected chi connectivity index (χ2v) is 8.28. The Hall–Kier alpha value is -1.50. The van der Waals surface area contributed by atoms with E-state index < -0.39 is 54.0 Å². The highest BCUT2D eigenvalue weighted by atomic mass is 32.2. The summed E-state index contributed by atoms with van der Waals surface area (Å²) in [5.74, 6) is -3.08. The number of hydrogen-bond acceptors (Lipinski definition) is 8. The van der Waals surface area contributed by atoms with Crippen molar-refractivity contribution in [1.82, 2.24) is 16.0 Å². The molecule has 0 saturated heterocycles. The van der Waals surface area contributed by atoms with Crippen LogP contribution in [0.2, 0.25) is 0 Å². The molecule has 0 fully saturated rings. The molecule has 3 amide bonds. The summed E-state index contributed by atoms with van der Waals surface area (Å²) >= 11 is 5.36. The number of nitrogens with two attached hydrogens (primary N) is 1. The average Bonchev–Trinajstić information content (AvgIpc) is 2.65. The number of aliphatic hydroxyl groups is 1. The molecular weight excluding hydrogens is 420 g/mol. The standard InChI is InChI=1S/C17H32N4O6S2/c1-8(2)12(15(24)19-11(17(26)27)5-6-29-4)20-16(25)13(9(3)22)21-14(23)10(18)7-28/h8-13,22,28H,5-7,18H2,1-4H3,(H,19,24)(H,20,25)(H,21,23)(H,26,27). The second-order valence-electron chi connectivity index (χ2n) is 6.93. The Morgan fingerprint density at radius 3 is 1.93 bits per heavy atom. The number of carboxylic acids is 1. The van der Waals surface area contributed by atoms with Crippen molar-refractivity contribution in [1.29, 1.82) is 0 Å². The summed E-state index contributed by atoms with van der Waals surface area (Å²) in [6.45, 7) is 4.66. The SMILES string of the molecule is CSCCC(NC(=O)C(NC(=O)C(NC(=O)C(N)CS)C(C)O)C(C)C)C(=O)O. The van der Waals surface area contributed by atoms with Crippen LogP contribution in [0.25, 0.3) is 0 Å². The van der Waals surface area contributed by atoms with Crippen LogP contribution in [-0.4, -0.2) is 81.9 Å². The van der Waals surface area contributed by atoms with Gasteiger partial charge in [0, 0.05) is 5.75 Å². The molecule has 10 nitrogen and oxygen atoms in total. The zero-order chi connectivity index (χ0) is 22.7. The molecule has 0 aromatic heterocycles. The third-order valence-corrected chi connectivity index (χ3v) is 5.11. The van der Waals surface area contributed by atoms with Crippen LogP contribution in [0.15, 0.2) is 0 Å². The number of amides is 3. The van der Waals surface area contributed by atoms with E-state index in [1.165, 1.54) is 18.7 Å². The zero-order valence-corrected chi connectivity index (χ0v) is 18.8. The number of aliphatic hydroxyl groups excluding tert-OH is 1. The van der Waals surface area contributed by atoms with E-state index in [0.29, 0.717) is 5.75 Å². The number of rotatable bonds is 13. The Labute approximate surface area is 180 Å². The summed E-state index contributed by atoms with van der Waals surface area (Å²) in [6.07, 6.45) is 0.798. The van der Waals surface area contributed by atoms with Crippen molar-refractivity contribution in [3.63, 3.8) is 0 Å². The van der Waals surface area contributed by atoms with Crippen LogP contribution in [0.3, 0.4) is 0 Å². The minimum Gasteiger partial charge on any atom is -0.480 e. The van der Waals surface area contributed by atoms with Crippen LogP contribution in [-0.2, 0) is 19.2 Å². The molecule has 7 N–H and O–H groups in total. The maximum Gasteiger partial charge on any atom is 0.326 e. The molecule has 0 radical (unpaired) electrons. The number of carbonyl (C=O) groups excluding carboxylic acids is 3. The summed E-state index contributed by atoms with van der Waals surface area (Å²) in [6, 6.07) is -4.46. The van der Waals surface area contributed by atoms with Crippen molar-refractivity contribution in [3.8, 4) is 0 Å². The van der Waals surface area contributed by atoms with Gasteiger partial charge in [-0.2, -0.15) is 24.4 Å². The van der Waals surface area contributed by atoms with Gasteiger partial charge in [-0.05, 0) is 31.3 Å². The van der Waals surface area contributed by atoms with Gasteiger partial charge < -0.3 is 31.9 Å². The van der Waals surface area contributed by atoms with E-state index in [9.17, 15) is 29.4 Å². The molecule has 0 aromatic rings. The van der Waals surface area contributed by atoms with Gasteiger partial charge in [0.15, 0.2) is 0 Å². The number of thiol groups is 1. The first-order chi connectivity index (χ1) is 13.5. The molecule has 0 aliphatic heterocycles. The Bertz CT molecular complexity index is 576. The molecule has 0 aliphatic carbocycles. The molecule has 29 heavy (non-hydrogen) atoms. The first kappa shape index (κ1) is 27.5. The summed E-state index contributed by atoms with van der Waals surface area (Å²) < 4.78 is 0. The lowest BCUT2D eigenvalue weighted by molar-refractivity contribution is -0.142. The zero-order valence-electron chi connectivity index (χ0n) is 17.0. The maximum absolute atomic E-state index is 12.6. The van der Waals surface area contributed by atoms with Gasteiger partial charge in [0.2, 0.25) is 17.7 Å². The topological polar surface area (TPSA) is 171 Å². The van der Waals surface area contributed by atoms with E-state index in [1.54, 1.807) is 13.8 Å². The van der Waals surface area contributed by atoms with Crippen molar-refractivity contribution in [2.45, 2.75) is 57.5 Å². The molecular formula is C17H32N4O6S2. The van der Waals surface area contributed by atoms with Crippen LogP contribution in [0.4, 0.5) is 0 Å². The summed E-state index contributed by atoms with van der Waals surface area (Å²) in [5, 5.41) is 26.4. The van der Waals surface area contributed by atoms with Crippen molar-refractivity contribution in [2.24, 2.45) is 11.7 Å². The van der Waals surface area contributed by atoms with Gasteiger partial charge in [0.1, 0.15) is 18.1 Å². The number of carboxylic acid groups (broad SMARTS) is 1. The first-order valence-electron chi connectivity index (χ1n) is 9.13. The molecule has 0 aliphatic rings. The van der Waals surface area contributed by atoms with Crippen molar-refractivity contribution in [3.05, 3.63) is 0 Å². The first-order valence-corrected chi connectivity index (χ1v) is 11.2. The maximum atomic E-state index is 12.6. The van der Waals surface area contributed by atoms with Crippen LogP contribution >= 0.6 is 24.4 Å². The van der Waals surface area contributed by atoms with Gasteiger partial charge in [-0.25, -0.2) is 4.79 Å². The van der Waals surface area contributed by atoms with Crippen LogP contribution in [0.1, 0.15) is 27.2 Å². The third-order valence-electron chi connectivity index (χ3n) is 4.07. The van der Waals surface area contributed by atoms with E-state index in [0.717, 1.165) is 0 Å². The quantitative estimate of drug-likeness (QED) is 0.167. The minimum absolute atomic E-state index is 0.0453. The van der Waals surface area contributed by atoms with Gasteiger partial charge in [-0.3, -0.25) is 14.4 Å². The van der Waals surface area contributed by atoms with Crippen molar-refractivity contribution < 1.29 is 29.4 Å². The van der Waals surface area contributed by atoms with Gasteiger partial charge in [0.25, 0.3) is 0 Å². The molecule has 0 rings (SSSR count). The van der Waals surface area contributed by atoms with Gasteiger partial charge in [-0.15, -0.1) is 0 Å². The van der Waals surface area contributed by atoms with Crippen molar-refractivity contribution in [2.75, 3.05) is 17.8 Å². The summed E-state index contributed by atoms with van der Waals surface area (Å²) in [5.41, 5.74) is 5.56. The average molecular weight is 453 g/mol. The summed E-state index contributed by atoms with van der Waals surface area (Å²) in [4.78, 5) is 48.5. The highest BCUT2D eigenvalue weighted by Crippen LogP contribution is 2.07. The van der Waals surface area contributed by atoms with Gasteiger partial charge in [0.05, 0.1) is 12.1 Å². The van der Waals surface area contributed by atoms with Gasteiger partial charge >= 0.3 is 5.97 Å². The predicted octanol–water partition coefficient (Wildman–Crippen LogP) is -1.43. The van der Waals surface area contributed by atoms with Crippen LogP contribution in [0.5, 0.6) is 0 Å². The molecule has 0 aromatic carbocycles. The molecule has 0 spiro atoms. The molecule has 5 unspecified atom stereocenters. The smallest absolute Gasteiger partial charge is 0.326 e. The van der Waals surface area contributed by atoms with E-state index in [1.807, 2.05) is 6.26 Å². The Morgan fingerprint density at radius 1 is 1.00 bits per heavy atom. The van der Waals surface area contributed by atoms with E-state index >= 15 is 0 Å². The number of hydrogen-bond donors (Lipinski definition) is 7. The highest BCUT2D eigenvalue weighted by Gasteiger charge is 2.33. The predicted molar refractivity (Wildman–Crippen MR) is 115 cm³/mol. The van der Waals surface area contributed by atoms with Crippen LogP contribution < -0.4 is 21.7 Å².